The number of carbonyl (C=O) groups excluding carboxylic acids is 1. The summed E-state index contributed by atoms with van der Waals surface area (Å²) in [6.45, 7) is 2.58. The average Bonchev–Trinajstić information content (AvgIpc) is 3.25. The van der Waals surface area contributed by atoms with E-state index in [2.05, 4.69) is 15.5 Å². The molecule has 1 saturated carbocycles. The molecule has 3 rings (SSSR count). The Morgan fingerprint density at radius 3 is 2.62 bits per heavy atom. The number of hydrogen-bond acceptors (Lipinski definition) is 5. The van der Waals surface area contributed by atoms with E-state index in [1.54, 1.807) is 0 Å². The van der Waals surface area contributed by atoms with Crippen molar-refractivity contribution in [3.8, 4) is 11.5 Å². The summed E-state index contributed by atoms with van der Waals surface area (Å²) in [6, 6.07) is 7.97. The number of nitrogens with two attached hydrogens (primary N) is 1. The summed E-state index contributed by atoms with van der Waals surface area (Å²) >= 11 is 0. The lowest BCUT2D eigenvalue weighted by Crippen LogP contribution is -2.52. The zero-order valence-electron chi connectivity index (χ0n) is 14.0. The lowest BCUT2D eigenvalue weighted by Gasteiger charge is -2.22. The summed E-state index contributed by atoms with van der Waals surface area (Å²) in [4.78, 5) is 16.5. The number of nitrogens with zero attached hydrogens (tertiary/aromatic N) is 2. The molecular weight excluding hydrogens is 304 g/mol. The zero-order valence-corrected chi connectivity index (χ0v) is 14.0. The van der Waals surface area contributed by atoms with Crippen LogP contribution in [-0.2, 0) is 17.6 Å². The minimum atomic E-state index is -0.654. The van der Waals surface area contributed by atoms with Gasteiger partial charge in [-0.25, -0.2) is 0 Å². The van der Waals surface area contributed by atoms with E-state index in [-0.39, 0.29) is 5.91 Å². The molecule has 1 aliphatic carbocycles. The maximum atomic E-state index is 12.2. The summed E-state index contributed by atoms with van der Waals surface area (Å²) in [7, 11) is 0. The first kappa shape index (κ1) is 16.6. The van der Waals surface area contributed by atoms with Crippen LogP contribution in [0.15, 0.2) is 28.8 Å². The molecule has 24 heavy (non-hydrogen) atoms. The fraction of sp³-hybridized carbons (Fsp3) is 0.500. The second kappa shape index (κ2) is 7.13. The van der Waals surface area contributed by atoms with Crippen LogP contribution >= 0.6 is 0 Å². The van der Waals surface area contributed by atoms with Crippen molar-refractivity contribution in [1.29, 1.82) is 0 Å². The van der Waals surface area contributed by atoms with Gasteiger partial charge in [0.05, 0.1) is 5.54 Å². The number of carbonyl (C=O) groups is 1. The molecule has 0 spiro atoms. The smallest absolute Gasteiger partial charge is 0.257 e. The van der Waals surface area contributed by atoms with Crippen molar-refractivity contribution in [1.82, 2.24) is 15.5 Å². The third-order valence-electron chi connectivity index (χ3n) is 4.63. The van der Waals surface area contributed by atoms with Crippen LogP contribution in [0.25, 0.3) is 11.5 Å². The van der Waals surface area contributed by atoms with Crippen molar-refractivity contribution in [2.75, 3.05) is 6.54 Å². The number of benzene rings is 1. The molecule has 1 aromatic carbocycles. The lowest BCUT2D eigenvalue weighted by molar-refractivity contribution is -0.126. The molecule has 1 heterocycles. The third kappa shape index (κ3) is 3.64. The van der Waals surface area contributed by atoms with Crippen molar-refractivity contribution in [2.24, 2.45) is 5.73 Å². The van der Waals surface area contributed by atoms with Crippen LogP contribution in [-0.4, -0.2) is 28.1 Å². The zero-order chi connectivity index (χ0) is 17.0. The topological polar surface area (TPSA) is 94.0 Å². The first-order valence-corrected chi connectivity index (χ1v) is 8.60. The fourth-order valence-corrected chi connectivity index (χ4v) is 3.06. The van der Waals surface area contributed by atoms with Gasteiger partial charge in [0.2, 0.25) is 5.91 Å². The molecule has 6 nitrogen and oxygen atoms in total. The Hall–Kier alpha value is -2.21. The molecule has 0 radical (unpaired) electrons. The predicted octanol–water partition coefficient (Wildman–Crippen LogP) is 2.23. The Labute approximate surface area is 141 Å². The Morgan fingerprint density at radius 2 is 2.00 bits per heavy atom. The van der Waals surface area contributed by atoms with Gasteiger partial charge in [-0.3, -0.25) is 4.79 Å². The van der Waals surface area contributed by atoms with Crippen LogP contribution in [0.3, 0.4) is 0 Å². The quantitative estimate of drug-likeness (QED) is 0.848. The average molecular weight is 328 g/mol. The molecule has 3 N–H and O–H groups in total. The number of aromatic nitrogens is 2. The van der Waals surface area contributed by atoms with Crippen LogP contribution in [0.5, 0.6) is 0 Å². The molecule has 1 amide bonds. The van der Waals surface area contributed by atoms with E-state index in [0.717, 1.165) is 49.7 Å². The number of rotatable bonds is 6. The Morgan fingerprint density at radius 1 is 1.29 bits per heavy atom. The van der Waals surface area contributed by atoms with Crippen LogP contribution in [0.2, 0.25) is 0 Å². The molecule has 2 aromatic rings. The van der Waals surface area contributed by atoms with Gasteiger partial charge in [-0.2, -0.15) is 4.98 Å². The standard InChI is InChI=1S/C18H24N4O2/c1-2-15-21-16(24-22-15)14-7-5-13(6-8-14)9-12-20-17(23)18(19)10-3-4-11-18/h5-8H,2-4,9-12,19H2,1H3,(H,20,23). The van der Waals surface area contributed by atoms with Gasteiger partial charge in [0.15, 0.2) is 5.82 Å². The van der Waals surface area contributed by atoms with E-state index in [1.165, 1.54) is 0 Å². The highest BCUT2D eigenvalue weighted by Crippen LogP contribution is 2.27. The first-order chi connectivity index (χ1) is 11.6. The summed E-state index contributed by atoms with van der Waals surface area (Å²) in [6.07, 6.45) is 5.19. The molecule has 128 valence electrons. The molecule has 0 atom stereocenters. The van der Waals surface area contributed by atoms with Gasteiger partial charge in [0, 0.05) is 18.5 Å². The first-order valence-electron chi connectivity index (χ1n) is 8.60. The summed E-state index contributed by atoms with van der Waals surface area (Å²) < 4.78 is 5.23. The van der Waals surface area contributed by atoms with Gasteiger partial charge < -0.3 is 15.6 Å². The van der Waals surface area contributed by atoms with Gasteiger partial charge in [0.1, 0.15) is 0 Å². The van der Waals surface area contributed by atoms with Crippen LogP contribution in [0, 0.1) is 0 Å². The Bertz CT molecular complexity index is 687. The van der Waals surface area contributed by atoms with E-state index < -0.39 is 5.54 Å². The molecule has 1 aliphatic rings. The second-order valence-corrected chi connectivity index (χ2v) is 6.44. The summed E-state index contributed by atoms with van der Waals surface area (Å²) in [5.41, 5.74) is 7.54. The van der Waals surface area contributed by atoms with Crippen molar-refractivity contribution < 1.29 is 9.32 Å². The third-order valence-corrected chi connectivity index (χ3v) is 4.63. The normalized spacial score (nSPS) is 16.2. The molecule has 0 bridgehead atoms. The predicted molar refractivity (Wildman–Crippen MR) is 91.2 cm³/mol. The van der Waals surface area contributed by atoms with Gasteiger partial charge in [-0.15, -0.1) is 0 Å². The highest BCUT2D eigenvalue weighted by Gasteiger charge is 2.36. The Kier molecular flexibility index (Phi) is 4.94. The SMILES string of the molecule is CCc1noc(-c2ccc(CCNC(=O)C3(N)CCCC3)cc2)n1. The van der Waals surface area contributed by atoms with Crippen molar-refractivity contribution >= 4 is 5.91 Å². The minimum absolute atomic E-state index is 0.0189. The highest BCUT2D eigenvalue weighted by atomic mass is 16.5. The summed E-state index contributed by atoms with van der Waals surface area (Å²) in [5.74, 6) is 1.23. The van der Waals surface area contributed by atoms with E-state index in [0.29, 0.717) is 18.3 Å². The maximum Gasteiger partial charge on any atom is 0.257 e. The number of amides is 1. The Balaban J connectivity index is 1.52. The number of aryl methyl sites for hydroxylation is 1. The van der Waals surface area contributed by atoms with Crippen molar-refractivity contribution in [3.05, 3.63) is 35.7 Å². The molecule has 0 unspecified atom stereocenters. The monoisotopic (exact) mass is 328 g/mol. The number of hydrogen-bond donors (Lipinski definition) is 2. The maximum absolute atomic E-state index is 12.2. The van der Waals surface area contributed by atoms with Crippen molar-refractivity contribution in [2.45, 2.75) is 51.0 Å². The molecule has 0 aliphatic heterocycles. The van der Waals surface area contributed by atoms with Crippen LogP contribution < -0.4 is 11.1 Å². The largest absolute Gasteiger partial charge is 0.354 e. The van der Waals surface area contributed by atoms with Crippen molar-refractivity contribution in [3.63, 3.8) is 0 Å². The minimum Gasteiger partial charge on any atom is -0.354 e. The van der Waals surface area contributed by atoms with E-state index in [4.69, 9.17) is 10.3 Å². The van der Waals surface area contributed by atoms with Gasteiger partial charge in [-0.1, -0.05) is 37.1 Å². The fourth-order valence-electron chi connectivity index (χ4n) is 3.06. The van der Waals surface area contributed by atoms with Crippen LogP contribution in [0.4, 0.5) is 0 Å². The second-order valence-electron chi connectivity index (χ2n) is 6.44. The number of nitrogens with one attached hydrogen (secondary N) is 1. The van der Waals surface area contributed by atoms with E-state index in [1.807, 2.05) is 31.2 Å². The summed E-state index contributed by atoms with van der Waals surface area (Å²) in [5, 5.41) is 6.87. The highest BCUT2D eigenvalue weighted by molar-refractivity contribution is 5.86. The molecule has 0 saturated heterocycles. The van der Waals surface area contributed by atoms with Gasteiger partial charge >= 0.3 is 0 Å². The van der Waals surface area contributed by atoms with Crippen LogP contribution in [0.1, 0.15) is 44.0 Å². The molecule has 1 fully saturated rings. The molecule has 6 heteroatoms. The van der Waals surface area contributed by atoms with Gasteiger partial charge in [-0.05, 0) is 37.0 Å². The lowest BCUT2D eigenvalue weighted by atomic mass is 9.98. The van der Waals surface area contributed by atoms with Gasteiger partial charge in [0.25, 0.3) is 5.89 Å². The molecule has 1 aromatic heterocycles. The van der Waals surface area contributed by atoms with E-state index >= 15 is 0 Å². The van der Waals surface area contributed by atoms with E-state index in [9.17, 15) is 4.79 Å². The molecular formula is C18H24N4O2.